The molecule has 1 fully saturated rings. The number of halogens is 1. The summed E-state index contributed by atoms with van der Waals surface area (Å²) in [4.78, 5) is 2.25. The van der Waals surface area contributed by atoms with E-state index in [0.29, 0.717) is 24.9 Å². The number of hydrogen-bond donors (Lipinski definition) is 0. The molecule has 0 spiro atoms. The molecular formula is C10H20ClNO3S. The molecule has 0 bridgehead atoms. The lowest BCUT2D eigenvalue weighted by molar-refractivity contribution is -0.0473. The Morgan fingerprint density at radius 1 is 1.50 bits per heavy atom. The van der Waals surface area contributed by atoms with Crippen molar-refractivity contribution in [3.05, 3.63) is 0 Å². The molecule has 0 aromatic heterocycles. The SMILES string of the molecule is CC1COC(CCl)CN1CCCS(C)(=O)=O. The van der Waals surface area contributed by atoms with Gasteiger partial charge < -0.3 is 4.74 Å². The summed E-state index contributed by atoms with van der Waals surface area (Å²) >= 11 is 5.75. The smallest absolute Gasteiger partial charge is 0.147 e. The third-order valence-corrected chi connectivity index (χ3v) is 4.14. The Morgan fingerprint density at radius 2 is 2.19 bits per heavy atom. The zero-order valence-corrected chi connectivity index (χ0v) is 11.4. The highest BCUT2D eigenvalue weighted by atomic mass is 35.5. The van der Waals surface area contributed by atoms with E-state index in [1.54, 1.807) is 0 Å². The lowest BCUT2D eigenvalue weighted by Gasteiger charge is -2.37. The van der Waals surface area contributed by atoms with Crippen LogP contribution < -0.4 is 0 Å². The third-order valence-electron chi connectivity index (χ3n) is 2.77. The van der Waals surface area contributed by atoms with Crippen molar-refractivity contribution < 1.29 is 13.2 Å². The van der Waals surface area contributed by atoms with Crippen LogP contribution in [0.3, 0.4) is 0 Å². The minimum absolute atomic E-state index is 0.0797. The second kappa shape index (κ2) is 6.19. The van der Waals surface area contributed by atoms with Crippen molar-refractivity contribution in [3.8, 4) is 0 Å². The molecule has 1 rings (SSSR count). The quantitative estimate of drug-likeness (QED) is 0.691. The first kappa shape index (κ1) is 14.2. The molecule has 0 radical (unpaired) electrons. The summed E-state index contributed by atoms with van der Waals surface area (Å²) in [5.41, 5.74) is 0. The van der Waals surface area contributed by atoms with Crippen LogP contribution in [-0.4, -0.2) is 63.0 Å². The van der Waals surface area contributed by atoms with E-state index in [1.807, 2.05) is 0 Å². The van der Waals surface area contributed by atoms with Crippen molar-refractivity contribution in [1.29, 1.82) is 0 Å². The minimum atomic E-state index is -2.85. The van der Waals surface area contributed by atoms with Crippen LogP contribution in [-0.2, 0) is 14.6 Å². The van der Waals surface area contributed by atoms with Crippen LogP contribution in [0.15, 0.2) is 0 Å². The standard InChI is InChI=1S/C10H20ClNO3S/c1-9-8-15-10(6-11)7-12(9)4-3-5-16(2,13)14/h9-10H,3-8H2,1-2H3. The molecule has 1 heterocycles. The Bertz CT molecular complexity index is 307. The average molecular weight is 270 g/mol. The first-order valence-electron chi connectivity index (χ1n) is 5.51. The molecule has 0 aliphatic carbocycles. The number of nitrogens with zero attached hydrogens (tertiary/aromatic N) is 1. The Balaban J connectivity index is 2.34. The summed E-state index contributed by atoms with van der Waals surface area (Å²) in [6, 6.07) is 0.346. The van der Waals surface area contributed by atoms with E-state index in [2.05, 4.69) is 11.8 Å². The van der Waals surface area contributed by atoms with Gasteiger partial charge in [0, 0.05) is 24.7 Å². The van der Waals surface area contributed by atoms with Crippen LogP contribution in [0.25, 0.3) is 0 Å². The molecule has 1 aliphatic heterocycles. The topological polar surface area (TPSA) is 46.6 Å². The number of hydrogen-bond acceptors (Lipinski definition) is 4. The highest BCUT2D eigenvalue weighted by Crippen LogP contribution is 2.13. The van der Waals surface area contributed by atoms with Gasteiger partial charge >= 0.3 is 0 Å². The van der Waals surface area contributed by atoms with Crippen molar-refractivity contribution in [2.24, 2.45) is 0 Å². The Morgan fingerprint density at radius 3 is 2.75 bits per heavy atom. The Kier molecular flexibility index (Phi) is 5.50. The fourth-order valence-electron chi connectivity index (χ4n) is 1.81. The zero-order chi connectivity index (χ0) is 12.2. The number of sulfone groups is 1. The molecule has 1 saturated heterocycles. The summed E-state index contributed by atoms with van der Waals surface area (Å²) in [5.74, 6) is 0.748. The highest BCUT2D eigenvalue weighted by molar-refractivity contribution is 7.90. The predicted octanol–water partition coefficient (Wildman–Crippen LogP) is 0.749. The van der Waals surface area contributed by atoms with Gasteiger partial charge in [-0.3, -0.25) is 4.90 Å². The Labute approximate surface area is 103 Å². The highest BCUT2D eigenvalue weighted by Gasteiger charge is 2.25. The summed E-state index contributed by atoms with van der Waals surface area (Å²) < 4.78 is 27.5. The average Bonchev–Trinajstić information content (AvgIpc) is 2.19. The number of ether oxygens (including phenoxy) is 1. The van der Waals surface area contributed by atoms with E-state index < -0.39 is 9.84 Å². The van der Waals surface area contributed by atoms with Crippen LogP contribution in [0.2, 0.25) is 0 Å². The first-order valence-corrected chi connectivity index (χ1v) is 8.11. The van der Waals surface area contributed by atoms with Gasteiger partial charge in [0.2, 0.25) is 0 Å². The van der Waals surface area contributed by atoms with Gasteiger partial charge in [0.25, 0.3) is 0 Å². The lowest BCUT2D eigenvalue weighted by Crippen LogP contribution is -2.49. The summed E-state index contributed by atoms with van der Waals surface area (Å²) in [6.07, 6.45) is 2.03. The second-order valence-corrected chi connectivity index (χ2v) is 7.01. The normalized spacial score (nSPS) is 28.2. The maximum Gasteiger partial charge on any atom is 0.147 e. The monoisotopic (exact) mass is 269 g/mol. The van der Waals surface area contributed by atoms with Crippen LogP contribution in [0.5, 0.6) is 0 Å². The van der Waals surface area contributed by atoms with Gasteiger partial charge in [0.05, 0.1) is 18.5 Å². The van der Waals surface area contributed by atoms with Gasteiger partial charge in [0.1, 0.15) is 9.84 Å². The molecule has 16 heavy (non-hydrogen) atoms. The molecule has 0 saturated carbocycles. The van der Waals surface area contributed by atoms with Crippen molar-refractivity contribution >= 4 is 21.4 Å². The van der Waals surface area contributed by atoms with Crippen molar-refractivity contribution in [2.45, 2.75) is 25.5 Å². The molecule has 2 unspecified atom stereocenters. The molecule has 0 aromatic carbocycles. The summed E-state index contributed by atoms with van der Waals surface area (Å²) in [6.45, 7) is 4.36. The van der Waals surface area contributed by atoms with E-state index in [4.69, 9.17) is 16.3 Å². The van der Waals surface area contributed by atoms with Gasteiger partial charge in [-0.25, -0.2) is 8.42 Å². The molecule has 1 aliphatic rings. The molecule has 0 aromatic rings. The van der Waals surface area contributed by atoms with Crippen LogP contribution in [0, 0.1) is 0 Å². The largest absolute Gasteiger partial charge is 0.374 e. The molecule has 2 atom stereocenters. The maximum absolute atomic E-state index is 11.0. The molecule has 4 nitrogen and oxygen atoms in total. The molecule has 0 N–H and O–H groups in total. The van der Waals surface area contributed by atoms with Gasteiger partial charge in [-0.2, -0.15) is 0 Å². The lowest BCUT2D eigenvalue weighted by atomic mass is 10.2. The molecule has 0 amide bonds. The van der Waals surface area contributed by atoms with E-state index in [1.165, 1.54) is 6.26 Å². The van der Waals surface area contributed by atoms with Crippen LogP contribution in [0.4, 0.5) is 0 Å². The van der Waals surface area contributed by atoms with E-state index in [9.17, 15) is 8.42 Å². The fraction of sp³-hybridized carbons (Fsp3) is 1.00. The van der Waals surface area contributed by atoms with E-state index in [-0.39, 0.29) is 11.9 Å². The van der Waals surface area contributed by atoms with Gasteiger partial charge in [-0.05, 0) is 19.9 Å². The van der Waals surface area contributed by atoms with E-state index in [0.717, 1.165) is 13.1 Å². The van der Waals surface area contributed by atoms with Crippen molar-refractivity contribution in [2.75, 3.05) is 37.6 Å². The van der Waals surface area contributed by atoms with E-state index >= 15 is 0 Å². The molecule has 6 heteroatoms. The predicted molar refractivity (Wildman–Crippen MR) is 65.8 cm³/mol. The molecule has 96 valence electrons. The van der Waals surface area contributed by atoms with Gasteiger partial charge in [-0.15, -0.1) is 11.6 Å². The Hall–Kier alpha value is 0.160. The van der Waals surface area contributed by atoms with Crippen molar-refractivity contribution in [3.63, 3.8) is 0 Å². The first-order chi connectivity index (χ1) is 7.42. The van der Waals surface area contributed by atoms with Gasteiger partial charge in [0.15, 0.2) is 0 Å². The molecular weight excluding hydrogens is 250 g/mol. The second-order valence-electron chi connectivity index (χ2n) is 4.44. The summed E-state index contributed by atoms with van der Waals surface area (Å²) in [7, 11) is -2.85. The van der Waals surface area contributed by atoms with Crippen LogP contribution >= 0.6 is 11.6 Å². The number of alkyl halides is 1. The third kappa shape index (κ3) is 4.99. The van der Waals surface area contributed by atoms with Crippen LogP contribution in [0.1, 0.15) is 13.3 Å². The van der Waals surface area contributed by atoms with Crippen molar-refractivity contribution in [1.82, 2.24) is 4.90 Å². The minimum Gasteiger partial charge on any atom is -0.374 e. The van der Waals surface area contributed by atoms with Gasteiger partial charge in [-0.1, -0.05) is 0 Å². The number of morpholine rings is 1. The summed E-state index contributed by atoms with van der Waals surface area (Å²) in [5, 5.41) is 0. The maximum atomic E-state index is 11.0. The zero-order valence-electron chi connectivity index (χ0n) is 9.86. The fourth-order valence-corrected chi connectivity index (χ4v) is 2.65. The number of rotatable bonds is 5.